The summed E-state index contributed by atoms with van der Waals surface area (Å²) < 4.78 is 4.99. The summed E-state index contributed by atoms with van der Waals surface area (Å²) in [5.74, 6) is -0.190. The second kappa shape index (κ2) is 4.75. The van der Waals surface area contributed by atoms with Crippen LogP contribution in [-0.2, 0) is 9.53 Å². The second-order valence-corrected chi connectivity index (χ2v) is 2.78. The van der Waals surface area contributed by atoms with Crippen LogP contribution in [0.4, 0.5) is 0 Å². The molecule has 0 atom stereocenters. The zero-order valence-electron chi connectivity index (χ0n) is 6.83. The molecule has 0 N–H and O–H groups in total. The van der Waals surface area contributed by atoms with Crippen molar-refractivity contribution in [3.63, 3.8) is 0 Å². The zero-order valence-corrected chi connectivity index (χ0v) is 6.83. The predicted molar refractivity (Wildman–Crippen MR) is 49.8 cm³/mol. The molecule has 1 aliphatic carbocycles. The summed E-state index contributed by atoms with van der Waals surface area (Å²) in [6.07, 6.45) is 6.30. The van der Waals surface area contributed by atoms with E-state index in [1.807, 2.05) is 26.0 Å². The largest absolute Gasteiger partial charge is 0.460 e. The summed E-state index contributed by atoms with van der Waals surface area (Å²) in [6.45, 7) is 3.70. The van der Waals surface area contributed by atoms with Gasteiger partial charge in [-0.05, 0) is 20.3 Å². The Hall–Kier alpha value is -1.05. The minimum atomic E-state index is -0.190. The van der Waals surface area contributed by atoms with E-state index in [0.29, 0.717) is 6.42 Å². The highest BCUT2D eigenvalue weighted by Crippen LogP contribution is 2.12. The number of hydrogen-bond acceptors (Lipinski definition) is 2. The predicted octanol–water partition coefficient (Wildman–Crippen LogP) is 2.46. The first-order valence-electron chi connectivity index (χ1n) is 3.77. The van der Waals surface area contributed by atoms with E-state index in [4.69, 9.17) is 4.74 Å². The van der Waals surface area contributed by atoms with Crippen molar-refractivity contribution in [1.82, 2.24) is 0 Å². The molecule has 0 aromatic carbocycles. The molecule has 1 rings (SSSR count). The highest BCUT2D eigenvalue weighted by molar-refractivity contribution is 5.89. The standard InChI is InChI=1S/C9H12O2.CH4/c1-7(2)11-9(10)8-5-3-4-6-8;/h3-5,7H,6H2,1-2H3;1H4. The Morgan fingerprint density at radius 2 is 2.25 bits per heavy atom. The molecule has 2 heteroatoms. The van der Waals surface area contributed by atoms with Gasteiger partial charge in [-0.25, -0.2) is 4.79 Å². The number of hydrogen-bond donors (Lipinski definition) is 0. The Labute approximate surface area is 73.9 Å². The molecule has 0 saturated heterocycles. The number of carbonyl (C=O) groups is 1. The fraction of sp³-hybridized carbons (Fsp3) is 0.500. The summed E-state index contributed by atoms with van der Waals surface area (Å²) >= 11 is 0. The number of allylic oxidation sites excluding steroid dienone is 3. The van der Waals surface area contributed by atoms with Crippen LogP contribution in [0, 0.1) is 0 Å². The van der Waals surface area contributed by atoms with Crippen LogP contribution in [0.5, 0.6) is 0 Å². The highest BCUT2D eigenvalue weighted by atomic mass is 16.5. The first-order chi connectivity index (χ1) is 5.20. The molecule has 0 unspecified atom stereocenters. The van der Waals surface area contributed by atoms with Crippen molar-refractivity contribution >= 4 is 5.97 Å². The van der Waals surface area contributed by atoms with Crippen LogP contribution in [-0.4, -0.2) is 12.1 Å². The maximum Gasteiger partial charge on any atom is 0.334 e. The Morgan fingerprint density at radius 3 is 2.67 bits per heavy atom. The SMILES string of the molecule is C.CC(C)OC(=O)C1=CC=CC1. The van der Waals surface area contributed by atoms with E-state index in [-0.39, 0.29) is 19.5 Å². The van der Waals surface area contributed by atoms with Crippen molar-refractivity contribution in [2.45, 2.75) is 33.8 Å². The van der Waals surface area contributed by atoms with Crippen molar-refractivity contribution in [3.05, 3.63) is 23.8 Å². The summed E-state index contributed by atoms with van der Waals surface area (Å²) in [5.41, 5.74) is 0.749. The molecular formula is C10H16O2. The first-order valence-corrected chi connectivity index (χ1v) is 3.77. The maximum atomic E-state index is 11.1. The molecule has 0 spiro atoms. The molecule has 0 heterocycles. The van der Waals surface area contributed by atoms with Gasteiger partial charge in [0.2, 0.25) is 0 Å². The van der Waals surface area contributed by atoms with Crippen molar-refractivity contribution in [3.8, 4) is 0 Å². The van der Waals surface area contributed by atoms with Gasteiger partial charge < -0.3 is 4.74 Å². The molecule has 0 amide bonds. The lowest BCUT2D eigenvalue weighted by molar-refractivity contribution is -0.142. The zero-order chi connectivity index (χ0) is 8.27. The van der Waals surface area contributed by atoms with Gasteiger partial charge in [-0.1, -0.05) is 25.7 Å². The summed E-state index contributed by atoms with van der Waals surface area (Å²) in [4.78, 5) is 11.1. The molecule has 0 fully saturated rings. The quantitative estimate of drug-likeness (QED) is 0.592. The second-order valence-electron chi connectivity index (χ2n) is 2.78. The molecule has 0 aromatic heterocycles. The molecule has 2 nitrogen and oxygen atoms in total. The van der Waals surface area contributed by atoms with Gasteiger partial charge in [0.1, 0.15) is 0 Å². The summed E-state index contributed by atoms with van der Waals surface area (Å²) in [5, 5.41) is 0. The van der Waals surface area contributed by atoms with E-state index in [2.05, 4.69) is 0 Å². The molecular weight excluding hydrogens is 152 g/mol. The smallest absolute Gasteiger partial charge is 0.334 e. The topological polar surface area (TPSA) is 26.3 Å². The van der Waals surface area contributed by atoms with Gasteiger partial charge in [0, 0.05) is 5.57 Å². The van der Waals surface area contributed by atoms with Crippen LogP contribution in [0.15, 0.2) is 23.8 Å². The lowest BCUT2D eigenvalue weighted by Gasteiger charge is -2.07. The lowest BCUT2D eigenvalue weighted by Crippen LogP contribution is -2.12. The van der Waals surface area contributed by atoms with Crippen LogP contribution in [0.2, 0.25) is 0 Å². The monoisotopic (exact) mass is 168 g/mol. The summed E-state index contributed by atoms with van der Waals surface area (Å²) in [7, 11) is 0. The van der Waals surface area contributed by atoms with Gasteiger partial charge in [-0.2, -0.15) is 0 Å². The Balaban J connectivity index is 0.00000121. The fourth-order valence-corrected chi connectivity index (χ4v) is 0.888. The molecule has 0 saturated carbocycles. The molecule has 0 aromatic rings. The van der Waals surface area contributed by atoms with Gasteiger partial charge in [0.15, 0.2) is 0 Å². The number of rotatable bonds is 2. The Kier molecular flexibility index (Phi) is 4.34. The van der Waals surface area contributed by atoms with Gasteiger partial charge in [0.25, 0.3) is 0 Å². The number of carbonyl (C=O) groups excluding carboxylic acids is 1. The van der Waals surface area contributed by atoms with E-state index in [1.165, 1.54) is 0 Å². The first kappa shape index (κ1) is 11.0. The minimum Gasteiger partial charge on any atom is -0.460 e. The van der Waals surface area contributed by atoms with Crippen molar-refractivity contribution in [2.75, 3.05) is 0 Å². The van der Waals surface area contributed by atoms with Crippen molar-refractivity contribution in [1.29, 1.82) is 0 Å². The van der Waals surface area contributed by atoms with E-state index in [1.54, 1.807) is 6.08 Å². The molecule has 1 aliphatic rings. The van der Waals surface area contributed by atoms with Crippen molar-refractivity contribution < 1.29 is 9.53 Å². The van der Waals surface area contributed by atoms with E-state index < -0.39 is 0 Å². The normalized spacial score (nSPS) is 14.1. The van der Waals surface area contributed by atoms with Gasteiger partial charge in [0.05, 0.1) is 6.10 Å². The third kappa shape index (κ3) is 2.91. The molecule has 0 bridgehead atoms. The molecule has 0 aliphatic heterocycles. The van der Waals surface area contributed by atoms with Gasteiger partial charge in [-0.15, -0.1) is 0 Å². The third-order valence-corrected chi connectivity index (χ3v) is 1.38. The van der Waals surface area contributed by atoms with E-state index in [9.17, 15) is 4.79 Å². The van der Waals surface area contributed by atoms with Crippen LogP contribution in [0.25, 0.3) is 0 Å². The Morgan fingerprint density at radius 1 is 1.58 bits per heavy atom. The summed E-state index contributed by atoms with van der Waals surface area (Å²) in [6, 6.07) is 0. The van der Waals surface area contributed by atoms with Crippen LogP contribution in [0.1, 0.15) is 27.7 Å². The Bertz CT molecular complexity index is 212. The highest BCUT2D eigenvalue weighted by Gasteiger charge is 2.12. The van der Waals surface area contributed by atoms with Gasteiger partial charge in [-0.3, -0.25) is 0 Å². The van der Waals surface area contributed by atoms with Crippen LogP contribution < -0.4 is 0 Å². The molecule has 68 valence electrons. The average Bonchev–Trinajstić information content (AvgIpc) is 2.35. The van der Waals surface area contributed by atoms with E-state index in [0.717, 1.165) is 5.57 Å². The average molecular weight is 168 g/mol. The van der Waals surface area contributed by atoms with Crippen molar-refractivity contribution in [2.24, 2.45) is 0 Å². The minimum absolute atomic E-state index is 0. The lowest BCUT2D eigenvalue weighted by atomic mass is 10.2. The van der Waals surface area contributed by atoms with Gasteiger partial charge >= 0.3 is 5.97 Å². The maximum absolute atomic E-state index is 11.1. The number of esters is 1. The molecule has 0 radical (unpaired) electrons. The van der Waals surface area contributed by atoms with E-state index >= 15 is 0 Å². The van der Waals surface area contributed by atoms with Crippen LogP contribution in [0.3, 0.4) is 0 Å². The third-order valence-electron chi connectivity index (χ3n) is 1.38. The van der Waals surface area contributed by atoms with Crippen LogP contribution >= 0.6 is 0 Å². The number of ether oxygens (including phenoxy) is 1. The fourth-order valence-electron chi connectivity index (χ4n) is 0.888. The molecule has 12 heavy (non-hydrogen) atoms.